The maximum absolute atomic E-state index is 12.1. The minimum Gasteiger partial charge on any atom is -0.330 e. The van der Waals surface area contributed by atoms with Gasteiger partial charge < -0.3 is 11.1 Å². The molecule has 6 nitrogen and oxygen atoms in total. The predicted molar refractivity (Wildman–Crippen MR) is 78.8 cm³/mol. The molecule has 4 N–H and O–H groups in total. The number of carbonyl (C=O) groups excluding carboxylic acids is 1. The Morgan fingerprint density at radius 2 is 2.00 bits per heavy atom. The topological polar surface area (TPSA) is 101 Å². The molecule has 20 heavy (non-hydrogen) atoms. The van der Waals surface area contributed by atoms with Crippen molar-refractivity contribution in [2.75, 3.05) is 18.9 Å². The first-order valence-electron chi connectivity index (χ1n) is 6.49. The van der Waals surface area contributed by atoms with Gasteiger partial charge in [0.15, 0.2) is 0 Å². The number of carbonyl (C=O) groups is 1. The van der Waals surface area contributed by atoms with Crippen molar-refractivity contribution in [3.63, 3.8) is 0 Å². The Hall–Kier alpha value is -1.44. The first-order chi connectivity index (χ1) is 9.46. The van der Waals surface area contributed by atoms with Gasteiger partial charge in [0, 0.05) is 6.54 Å². The van der Waals surface area contributed by atoms with E-state index in [4.69, 9.17) is 5.73 Å². The number of hydrogen-bond donors (Lipinski definition) is 3. The lowest BCUT2D eigenvalue weighted by Crippen LogP contribution is -2.30. The van der Waals surface area contributed by atoms with Crippen LogP contribution < -0.4 is 15.8 Å². The highest BCUT2D eigenvalue weighted by Gasteiger charge is 2.20. The van der Waals surface area contributed by atoms with Gasteiger partial charge in [0.1, 0.15) is 4.90 Å². The second kappa shape index (κ2) is 7.37. The quantitative estimate of drug-likeness (QED) is 0.696. The third-order valence-corrected chi connectivity index (χ3v) is 4.47. The zero-order valence-electron chi connectivity index (χ0n) is 11.7. The van der Waals surface area contributed by atoms with E-state index in [9.17, 15) is 13.2 Å². The monoisotopic (exact) mass is 299 g/mol. The van der Waals surface area contributed by atoms with Crippen molar-refractivity contribution in [3.05, 3.63) is 24.3 Å². The summed E-state index contributed by atoms with van der Waals surface area (Å²) in [6.07, 6.45) is 1.51. The molecule has 7 heteroatoms. The fraction of sp³-hybridized carbons (Fsp3) is 0.462. The van der Waals surface area contributed by atoms with E-state index in [0.717, 1.165) is 6.42 Å². The van der Waals surface area contributed by atoms with Gasteiger partial charge in [-0.25, -0.2) is 13.1 Å². The van der Waals surface area contributed by atoms with Crippen LogP contribution in [0.3, 0.4) is 0 Å². The van der Waals surface area contributed by atoms with Gasteiger partial charge in [0.2, 0.25) is 15.9 Å². The van der Waals surface area contributed by atoms with E-state index >= 15 is 0 Å². The van der Waals surface area contributed by atoms with Crippen LogP contribution in [0.1, 0.15) is 19.8 Å². The summed E-state index contributed by atoms with van der Waals surface area (Å²) in [5.74, 6) is -0.571. The van der Waals surface area contributed by atoms with Crippen LogP contribution in [0.2, 0.25) is 0 Å². The molecule has 0 radical (unpaired) electrons. The molecule has 1 rings (SSSR count). The number of amides is 1. The number of sulfonamides is 1. The van der Waals surface area contributed by atoms with Gasteiger partial charge in [-0.05, 0) is 25.6 Å². The fourth-order valence-electron chi connectivity index (χ4n) is 1.85. The first-order valence-corrected chi connectivity index (χ1v) is 7.98. The van der Waals surface area contributed by atoms with E-state index in [1.807, 2.05) is 6.92 Å². The molecule has 1 aromatic carbocycles. The summed E-state index contributed by atoms with van der Waals surface area (Å²) in [5.41, 5.74) is 5.84. The second-order valence-corrected chi connectivity index (χ2v) is 6.27. The highest BCUT2D eigenvalue weighted by molar-refractivity contribution is 7.89. The molecular formula is C13H21N3O3S. The molecule has 0 fully saturated rings. The largest absolute Gasteiger partial charge is 0.330 e. The van der Waals surface area contributed by atoms with Crippen molar-refractivity contribution in [1.29, 1.82) is 0 Å². The molecule has 112 valence electrons. The lowest BCUT2D eigenvalue weighted by Gasteiger charge is -2.16. The Morgan fingerprint density at radius 1 is 1.35 bits per heavy atom. The molecule has 0 aromatic heterocycles. The van der Waals surface area contributed by atoms with Crippen molar-refractivity contribution in [1.82, 2.24) is 4.72 Å². The smallest absolute Gasteiger partial charge is 0.242 e. The normalized spacial score (nSPS) is 12.9. The number of hydrogen-bond acceptors (Lipinski definition) is 4. The molecule has 0 spiro atoms. The Morgan fingerprint density at radius 3 is 2.55 bits per heavy atom. The maximum atomic E-state index is 12.1. The first kappa shape index (κ1) is 16.6. The molecule has 1 atom stereocenters. The summed E-state index contributed by atoms with van der Waals surface area (Å²) in [4.78, 5) is 12.1. The van der Waals surface area contributed by atoms with E-state index in [2.05, 4.69) is 10.0 Å². The highest BCUT2D eigenvalue weighted by atomic mass is 32.2. The Labute approximate surface area is 119 Å². The predicted octanol–water partition coefficient (Wildman–Crippen LogP) is 0.908. The van der Waals surface area contributed by atoms with Gasteiger partial charge in [-0.15, -0.1) is 0 Å². The van der Waals surface area contributed by atoms with Gasteiger partial charge in [-0.1, -0.05) is 25.5 Å². The van der Waals surface area contributed by atoms with Crippen molar-refractivity contribution in [2.45, 2.75) is 24.7 Å². The van der Waals surface area contributed by atoms with Gasteiger partial charge >= 0.3 is 0 Å². The minimum absolute atomic E-state index is 0.0446. The van der Waals surface area contributed by atoms with Crippen LogP contribution in [0.25, 0.3) is 0 Å². The van der Waals surface area contributed by atoms with E-state index in [-0.39, 0.29) is 29.0 Å². The molecule has 0 aliphatic heterocycles. The lowest BCUT2D eigenvalue weighted by molar-refractivity contribution is -0.119. The van der Waals surface area contributed by atoms with Crippen LogP contribution in [0.4, 0.5) is 5.69 Å². The molecule has 0 saturated heterocycles. The van der Waals surface area contributed by atoms with E-state index in [0.29, 0.717) is 6.42 Å². The summed E-state index contributed by atoms with van der Waals surface area (Å²) < 4.78 is 26.0. The minimum atomic E-state index is -3.62. The molecule has 0 heterocycles. The average molecular weight is 299 g/mol. The molecule has 0 aliphatic rings. The second-order valence-electron chi connectivity index (χ2n) is 4.41. The van der Waals surface area contributed by atoms with Crippen molar-refractivity contribution < 1.29 is 13.2 Å². The fourth-order valence-corrected chi connectivity index (χ4v) is 2.74. The van der Waals surface area contributed by atoms with Crippen LogP contribution in [0.5, 0.6) is 0 Å². The molecule has 1 amide bonds. The zero-order chi connectivity index (χ0) is 15.2. The SMILES string of the molecule is CCCC(CN)C(=O)Nc1ccccc1S(=O)(=O)NC. The Balaban J connectivity index is 3.02. The number of nitrogens with two attached hydrogens (primary N) is 1. The summed E-state index contributed by atoms with van der Waals surface area (Å²) in [5, 5.41) is 2.65. The van der Waals surface area contributed by atoms with Gasteiger partial charge in [-0.3, -0.25) is 4.79 Å². The lowest BCUT2D eigenvalue weighted by atomic mass is 10.0. The zero-order valence-corrected chi connectivity index (χ0v) is 12.5. The van der Waals surface area contributed by atoms with Gasteiger partial charge in [-0.2, -0.15) is 0 Å². The third kappa shape index (κ3) is 4.03. The molecule has 1 unspecified atom stereocenters. The van der Waals surface area contributed by atoms with Crippen LogP contribution in [-0.4, -0.2) is 27.9 Å². The Kier molecular flexibility index (Phi) is 6.12. The van der Waals surface area contributed by atoms with Crippen LogP contribution in [-0.2, 0) is 14.8 Å². The molecular weight excluding hydrogens is 278 g/mol. The standard InChI is InChI=1S/C13H21N3O3S/c1-3-6-10(9-14)13(17)16-11-7-4-5-8-12(11)20(18,19)15-2/h4-5,7-8,10,15H,3,6,9,14H2,1-2H3,(H,16,17). The molecule has 0 aliphatic carbocycles. The third-order valence-electron chi connectivity index (χ3n) is 3.00. The van der Waals surface area contributed by atoms with E-state index in [1.54, 1.807) is 18.2 Å². The van der Waals surface area contributed by atoms with Crippen molar-refractivity contribution in [2.24, 2.45) is 11.7 Å². The summed E-state index contributed by atoms with van der Waals surface area (Å²) in [6.45, 7) is 2.20. The van der Waals surface area contributed by atoms with Gasteiger partial charge in [0.25, 0.3) is 0 Å². The summed E-state index contributed by atoms with van der Waals surface area (Å²) in [7, 11) is -2.29. The summed E-state index contributed by atoms with van der Waals surface area (Å²) >= 11 is 0. The molecule has 0 bridgehead atoms. The number of anilines is 1. The van der Waals surface area contributed by atoms with E-state index in [1.165, 1.54) is 13.1 Å². The van der Waals surface area contributed by atoms with E-state index < -0.39 is 10.0 Å². The van der Waals surface area contributed by atoms with Gasteiger partial charge in [0.05, 0.1) is 11.6 Å². The van der Waals surface area contributed by atoms with Crippen LogP contribution in [0, 0.1) is 5.92 Å². The maximum Gasteiger partial charge on any atom is 0.242 e. The van der Waals surface area contributed by atoms with Crippen molar-refractivity contribution >= 4 is 21.6 Å². The highest BCUT2D eigenvalue weighted by Crippen LogP contribution is 2.21. The van der Waals surface area contributed by atoms with Crippen molar-refractivity contribution in [3.8, 4) is 0 Å². The average Bonchev–Trinajstić information content (AvgIpc) is 2.45. The number of para-hydroxylation sites is 1. The summed E-state index contributed by atoms with van der Waals surface area (Å²) in [6, 6.07) is 6.27. The van der Waals surface area contributed by atoms with Crippen LogP contribution >= 0.6 is 0 Å². The molecule has 1 aromatic rings. The Bertz CT molecular complexity index is 558. The number of rotatable bonds is 7. The molecule has 0 saturated carbocycles. The van der Waals surface area contributed by atoms with Crippen LogP contribution in [0.15, 0.2) is 29.2 Å². The number of benzene rings is 1. The number of nitrogens with one attached hydrogen (secondary N) is 2.